The summed E-state index contributed by atoms with van der Waals surface area (Å²) in [4.78, 5) is 0.761. The molecule has 0 aromatic heterocycles. The molecule has 1 fully saturated rings. The molecule has 16 heavy (non-hydrogen) atoms. The molecule has 3 heteroatoms. The van der Waals surface area contributed by atoms with E-state index in [0.717, 1.165) is 22.1 Å². The molecular weight excluding hydrogens is 221 g/mol. The predicted molar refractivity (Wildman–Crippen MR) is 67.0 cm³/mol. The molecule has 0 radical (unpaired) electrons. The maximum atomic E-state index is 13.6. The van der Waals surface area contributed by atoms with Gasteiger partial charge in [-0.15, -0.1) is 11.8 Å². The molecule has 0 aliphatic heterocycles. The fraction of sp³-hybridized carbons (Fsp3) is 0.538. The van der Waals surface area contributed by atoms with E-state index >= 15 is 0 Å². The molecule has 1 aliphatic rings. The minimum atomic E-state index is -0.119. The maximum Gasteiger partial charge on any atom is 0.137 e. The molecule has 0 amide bonds. The van der Waals surface area contributed by atoms with Crippen molar-refractivity contribution in [3.05, 3.63) is 29.6 Å². The van der Waals surface area contributed by atoms with Crippen LogP contribution in [0.15, 0.2) is 23.1 Å². The summed E-state index contributed by atoms with van der Waals surface area (Å²) < 4.78 is 13.6. The zero-order valence-electron chi connectivity index (χ0n) is 9.42. The maximum absolute atomic E-state index is 13.6. The highest BCUT2D eigenvalue weighted by atomic mass is 32.2. The average Bonchev–Trinajstić information content (AvgIpc) is 2.80. The van der Waals surface area contributed by atoms with Gasteiger partial charge in [0.15, 0.2) is 0 Å². The Morgan fingerprint density at radius 2 is 2.06 bits per heavy atom. The first-order valence-electron chi connectivity index (χ1n) is 5.91. The molecule has 0 heterocycles. The Bertz CT molecular complexity index is 348. The van der Waals surface area contributed by atoms with Crippen molar-refractivity contribution in [3.63, 3.8) is 0 Å². The number of rotatable bonds is 4. The van der Waals surface area contributed by atoms with Crippen molar-refractivity contribution >= 4 is 11.8 Å². The van der Waals surface area contributed by atoms with E-state index in [4.69, 9.17) is 5.73 Å². The molecule has 1 aliphatic carbocycles. The number of hydrogen-bond donors (Lipinski definition) is 1. The lowest BCUT2D eigenvalue weighted by Crippen LogP contribution is -2.02. The minimum absolute atomic E-state index is 0.119. The van der Waals surface area contributed by atoms with Crippen LogP contribution in [0.25, 0.3) is 0 Å². The standard InChI is InChI=1S/C13H18FNS/c14-12-7-3-6-11(8-15)13(12)16-9-10-4-1-2-5-10/h3,6-7,10H,1-2,4-5,8-9,15H2. The molecule has 1 aromatic carbocycles. The Kier molecular flexibility index (Phi) is 4.24. The molecule has 1 aromatic rings. The lowest BCUT2D eigenvalue weighted by atomic mass is 10.1. The van der Waals surface area contributed by atoms with Crippen LogP contribution in [0.5, 0.6) is 0 Å². The van der Waals surface area contributed by atoms with Crippen molar-refractivity contribution in [1.82, 2.24) is 0 Å². The van der Waals surface area contributed by atoms with Gasteiger partial charge < -0.3 is 5.73 Å². The normalized spacial score (nSPS) is 16.9. The van der Waals surface area contributed by atoms with Crippen molar-refractivity contribution in [3.8, 4) is 0 Å². The second kappa shape index (κ2) is 5.69. The zero-order valence-corrected chi connectivity index (χ0v) is 10.2. The van der Waals surface area contributed by atoms with Crippen LogP contribution in [0.3, 0.4) is 0 Å². The van der Waals surface area contributed by atoms with Crippen LogP contribution in [-0.2, 0) is 6.54 Å². The van der Waals surface area contributed by atoms with Gasteiger partial charge in [-0.1, -0.05) is 25.0 Å². The van der Waals surface area contributed by atoms with Gasteiger partial charge in [0.1, 0.15) is 5.82 Å². The van der Waals surface area contributed by atoms with Crippen LogP contribution in [0.4, 0.5) is 4.39 Å². The summed E-state index contributed by atoms with van der Waals surface area (Å²) in [5.41, 5.74) is 6.56. The Labute approximate surface area is 101 Å². The quantitative estimate of drug-likeness (QED) is 0.813. The summed E-state index contributed by atoms with van der Waals surface area (Å²) in [6.07, 6.45) is 5.29. The summed E-state index contributed by atoms with van der Waals surface area (Å²) in [5, 5.41) is 0. The fourth-order valence-electron chi connectivity index (χ4n) is 2.25. The van der Waals surface area contributed by atoms with Gasteiger partial charge in [-0.2, -0.15) is 0 Å². The van der Waals surface area contributed by atoms with Gasteiger partial charge >= 0.3 is 0 Å². The number of nitrogens with two attached hydrogens (primary N) is 1. The lowest BCUT2D eigenvalue weighted by molar-refractivity contribution is 0.593. The summed E-state index contributed by atoms with van der Waals surface area (Å²) in [6, 6.07) is 5.17. The first-order chi connectivity index (χ1) is 7.81. The van der Waals surface area contributed by atoms with Crippen LogP contribution in [0.1, 0.15) is 31.2 Å². The second-order valence-electron chi connectivity index (χ2n) is 4.39. The van der Waals surface area contributed by atoms with Gasteiger partial charge in [0, 0.05) is 17.2 Å². The lowest BCUT2D eigenvalue weighted by Gasteiger charge is -2.11. The summed E-state index contributed by atoms with van der Waals surface area (Å²) >= 11 is 1.64. The first kappa shape index (κ1) is 11.9. The first-order valence-corrected chi connectivity index (χ1v) is 6.90. The SMILES string of the molecule is NCc1cccc(F)c1SCC1CCCC1. The highest BCUT2D eigenvalue weighted by Gasteiger charge is 2.16. The smallest absolute Gasteiger partial charge is 0.137 e. The molecule has 0 bridgehead atoms. The number of thioether (sulfide) groups is 1. The van der Waals surface area contributed by atoms with Gasteiger partial charge in [-0.3, -0.25) is 0 Å². The Morgan fingerprint density at radius 1 is 1.31 bits per heavy atom. The van der Waals surface area contributed by atoms with Gasteiger partial charge in [0.25, 0.3) is 0 Å². The molecule has 0 atom stereocenters. The molecule has 2 N–H and O–H groups in total. The summed E-state index contributed by atoms with van der Waals surface area (Å²) in [6.45, 7) is 0.421. The largest absolute Gasteiger partial charge is 0.326 e. The van der Waals surface area contributed by atoms with Gasteiger partial charge in [-0.25, -0.2) is 4.39 Å². The van der Waals surface area contributed by atoms with Gasteiger partial charge in [0.2, 0.25) is 0 Å². The zero-order chi connectivity index (χ0) is 11.4. The van der Waals surface area contributed by atoms with Crippen LogP contribution < -0.4 is 5.73 Å². The second-order valence-corrected chi connectivity index (χ2v) is 5.42. The monoisotopic (exact) mass is 239 g/mol. The molecule has 0 saturated heterocycles. The third-order valence-corrected chi connectivity index (χ3v) is 4.59. The topological polar surface area (TPSA) is 26.0 Å². The fourth-order valence-corrected chi connectivity index (χ4v) is 3.53. The summed E-state index contributed by atoms with van der Waals surface area (Å²) in [7, 11) is 0. The highest BCUT2D eigenvalue weighted by Crippen LogP contribution is 2.33. The van der Waals surface area contributed by atoms with E-state index in [2.05, 4.69) is 0 Å². The van der Waals surface area contributed by atoms with Crippen LogP contribution in [-0.4, -0.2) is 5.75 Å². The Morgan fingerprint density at radius 3 is 2.75 bits per heavy atom. The minimum Gasteiger partial charge on any atom is -0.326 e. The van der Waals surface area contributed by atoms with Crippen molar-refractivity contribution in [1.29, 1.82) is 0 Å². The molecule has 1 saturated carbocycles. The molecule has 2 rings (SSSR count). The van der Waals surface area contributed by atoms with Crippen LogP contribution in [0.2, 0.25) is 0 Å². The number of benzene rings is 1. The average molecular weight is 239 g/mol. The number of halogens is 1. The van der Waals surface area contributed by atoms with Crippen molar-refractivity contribution < 1.29 is 4.39 Å². The van der Waals surface area contributed by atoms with E-state index < -0.39 is 0 Å². The molecular formula is C13H18FNS. The van der Waals surface area contributed by atoms with E-state index in [1.54, 1.807) is 17.8 Å². The molecule has 1 nitrogen and oxygen atoms in total. The molecule has 0 unspecified atom stereocenters. The van der Waals surface area contributed by atoms with E-state index in [1.165, 1.54) is 31.7 Å². The third kappa shape index (κ3) is 2.77. The van der Waals surface area contributed by atoms with E-state index in [9.17, 15) is 4.39 Å². The Balaban J connectivity index is 2.01. The molecule has 88 valence electrons. The van der Waals surface area contributed by atoms with Gasteiger partial charge in [-0.05, 0) is 30.4 Å². The molecule has 0 spiro atoms. The van der Waals surface area contributed by atoms with Crippen molar-refractivity contribution in [2.75, 3.05) is 5.75 Å². The van der Waals surface area contributed by atoms with Crippen molar-refractivity contribution in [2.45, 2.75) is 37.1 Å². The van der Waals surface area contributed by atoms with Crippen LogP contribution >= 0.6 is 11.8 Å². The van der Waals surface area contributed by atoms with Crippen molar-refractivity contribution in [2.24, 2.45) is 11.7 Å². The predicted octanol–water partition coefficient (Wildman–Crippen LogP) is 3.57. The summed E-state index contributed by atoms with van der Waals surface area (Å²) in [5.74, 6) is 1.69. The van der Waals surface area contributed by atoms with E-state index in [1.807, 2.05) is 6.07 Å². The van der Waals surface area contributed by atoms with Crippen LogP contribution in [0, 0.1) is 11.7 Å². The van der Waals surface area contributed by atoms with E-state index in [-0.39, 0.29) is 5.82 Å². The Hall–Kier alpha value is -0.540. The highest BCUT2D eigenvalue weighted by molar-refractivity contribution is 7.99. The van der Waals surface area contributed by atoms with E-state index in [0.29, 0.717) is 6.54 Å². The van der Waals surface area contributed by atoms with Gasteiger partial charge in [0.05, 0.1) is 0 Å². The third-order valence-electron chi connectivity index (χ3n) is 3.21. The number of hydrogen-bond acceptors (Lipinski definition) is 2.